The predicted octanol–water partition coefficient (Wildman–Crippen LogP) is 3.74. The molecular formula is C15H16INO. The molecule has 0 fully saturated rings. The largest absolute Gasteiger partial charge is 0.494 e. The second kappa shape index (κ2) is 6.20. The first-order valence-electron chi connectivity index (χ1n) is 5.95. The fraction of sp³-hybridized carbons (Fsp3) is 0.200. The number of benzene rings is 2. The van der Waals surface area contributed by atoms with Crippen molar-refractivity contribution >= 4 is 22.6 Å². The van der Waals surface area contributed by atoms with Crippen LogP contribution in [0.5, 0.6) is 5.75 Å². The topological polar surface area (TPSA) is 35.2 Å². The van der Waals surface area contributed by atoms with Crippen molar-refractivity contribution in [1.29, 1.82) is 0 Å². The highest BCUT2D eigenvalue weighted by atomic mass is 127. The van der Waals surface area contributed by atoms with Crippen molar-refractivity contribution in [1.82, 2.24) is 0 Å². The Morgan fingerprint density at radius 3 is 2.39 bits per heavy atom. The van der Waals surface area contributed by atoms with Crippen LogP contribution < -0.4 is 10.5 Å². The van der Waals surface area contributed by atoms with E-state index in [0.717, 1.165) is 16.9 Å². The molecule has 0 saturated heterocycles. The molecule has 0 heterocycles. The summed E-state index contributed by atoms with van der Waals surface area (Å²) in [7, 11) is 0. The SMILES string of the molecule is CCOc1ccc(C(N)c2ccccc2I)cc1. The molecule has 2 N–H and O–H groups in total. The molecule has 0 aliphatic carbocycles. The van der Waals surface area contributed by atoms with Crippen molar-refractivity contribution in [3.05, 3.63) is 63.2 Å². The summed E-state index contributed by atoms with van der Waals surface area (Å²) < 4.78 is 6.62. The molecular weight excluding hydrogens is 337 g/mol. The minimum Gasteiger partial charge on any atom is -0.494 e. The normalized spacial score (nSPS) is 12.2. The Morgan fingerprint density at radius 2 is 1.78 bits per heavy atom. The van der Waals surface area contributed by atoms with E-state index >= 15 is 0 Å². The van der Waals surface area contributed by atoms with Gasteiger partial charge in [0.05, 0.1) is 12.6 Å². The van der Waals surface area contributed by atoms with E-state index in [1.165, 1.54) is 3.57 Å². The first-order valence-corrected chi connectivity index (χ1v) is 7.03. The Hall–Kier alpha value is -1.07. The van der Waals surface area contributed by atoms with Crippen molar-refractivity contribution in [2.75, 3.05) is 6.61 Å². The van der Waals surface area contributed by atoms with Gasteiger partial charge in [-0.2, -0.15) is 0 Å². The lowest BCUT2D eigenvalue weighted by atomic mass is 10.00. The summed E-state index contributed by atoms with van der Waals surface area (Å²) in [5.41, 5.74) is 8.55. The van der Waals surface area contributed by atoms with Crippen molar-refractivity contribution < 1.29 is 4.74 Å². The molecule has 0 aliphatic heterocycles. The van der Waals surface area contributed by atoms with Gasteiger partial charge in [0, 0.05) is 3.57 Å². The number of hydrogen-bond donors (Lipinski definition) is 1. The quantitative estimate of drug-likeness (QED) is 0.850. The van der Waals surface area contributed by atoms with Crippen LogP contribution >= 0.6 is 22.6 Å². The monoisotopic (exact) mass is 353 g/mol. The van der Waals surface area contributed by atoms with E-state index in [1.807, 2.05) is 43.3 Å². The molecule has 3 heteroatoms. The van der Waals surface area contributed by atoms with Gasteiger partial charge in [-0.3, -0.25) is 0 Å². The van der Waals surface area contributed by atoms with E-state index in [0.29, 0.717) is 6.61 Å². The molecule has 2 aromatic rings. The standard InChI is InChI=1S/C15H16INO/c1-2-18-12-9-7-11(8-10-12)15(17)13-5-3-4-6-14(13)16/h3-10,15H,2,17H2,1H3. The highest BCUT2D eigenvalue weighted by Crippen LogP contribution is 2.25. The maximum Gasteiger partial charge on any atom is 0.119 e. The van der Waals surface area contributed by atoms with Gasteiger partial charge in [-0.15, -0.1) is 0 Å². The summed E-state index contributed by atoms with van der Waals surface area (Å²) in [5, 5.41) is 0. The van der Waals surface area contributed by atoms with Crippen LogP contribution in [0.1, 0.15) is 24.1 Å². The molecule has 94 valence electrons. The summed E-state index contributed by atoms with van der Waals surface area (Å²) in [6.07, 6.45) is 0. The maximum atomic E-state index is 6.30. The molecule has 2 rings (SSSR count). The van der Waals surface area contributed by atoms with Crippen molar-refractivity contribution in [3.8, 4) is 5.75 Å². The zero-order chi connectivity index (χ0) is 13.0. The summed E-state index contributed by atoms with van der Waals surface area (Å²) in [5.74, 6) is 0.885. The lowest BCUT2D eigenvalue weighted by molar-refractivity contribution is 0.340. The van der Waals surface area contributed by atoms with Gasteiger partial charge in [0.1, 0.15) is 5.75 Å². The minimum absolute atomic E-state index is 0.0891. The predicted molar refractivity (Wildman–Crippen MR) is 82.8 cm³/mol. The minimum atomic E-state index is -0.0891. The van der Waals surface area contributed by atoms with Crippen molar-refractivity contribution in [2.24, 2.45) is 5.73 Å². The molecule has 0 spiro atoms. The van der Waals surface area contributed by atoms with Crippen LogP contribution in [0.4, 0.5) is 0 Å². The highest BCUT2D eigenvalue weighted by Gasteiger charge is 2.11. The molecule has 0 radical (unpaired) electrons. The van der Waals surface area contributed by atoms with Crippen molar-refractivity contribution in [2.45, 2.75) is 13.0 Å². The Bertz CT molecular complexity index is 510. The first kappa shape index (κ1) is 13.4. The van der Waals surface area contributed by atoms with Gasteiger partial charge in [-0.25, -0.2) is 0 Å². The van der Waals surface area contributed by atoms with E-state index in [1.54, 1.807) is 0 Å². The molecule has 2 aromatic carbocycles. The number of ether oxygens (including phenoxy) is 1. The van der Waals surface area contributed by atoms with Crippen LogP contribution in [0.25, 0.3) is 0 Å². The maximum absolute atomic E-state index is 6.30. The van der Waals surface area contributed by atoms with Gasteiger partial charge in [0.15, 0.2) is 0 Å². The third-order valence-corrected chi connectivity index (χ3v) is 3.77. The molecule has 0 aromatic heterocycles. The summed E-state index contributed by atoms with van der Waals surface area (Å²) in [6, 6.07) is 16.1. The number of nitrogens with two attached hydrogens (primary N) is 1. The lowest BCUT2D eigenvalue weighted by Crippen LogP contribution is -2.13. The summed E-state index contributed by atoms with van der Waals surface area (Å²) >= 11 is 2.32. The fourth-order valence-electron chi connectivity index (χ4n) is 1.84. The number of rotatable bonds is 4. The van der Waals surface area contributed by atoms with E-state index in [2.05, 4.69) is 34.7 Å². The van der Waals surface area contributed by atoms with Crippen LogP contribution in [-0.4, -0.2) is 6.61 Å². The molecule has 18 heavy (non-hydrogen) atoms. The second-order valence-corrected chi connectivity index (χ2v) is 5.16. The molecule has 1 atom stereocenters. The molecule has 2 nitrogen and oxygen atoms in total. The Balaban J connectivity index is 2.23. The van der Waals surface area contributed by atoms with Gasteiger partial charge < -0.3 is 10.5 Å². The summed E-state index contributed by atoms with van der Waals surface area (Å²) in [6.45, 7) is 2.66. The second-order valence-electron chi connectivity index (χ2n) is 4.00. The van der Waals surface area contributed by atoms with Crippen LogP contribution in [0.15, 0.2) is 48.5 Å². The van der Waals surface area contributed by atoms with E-state index in [4.69, 9.17) is 10.5 Å². The van der Waals surface area contributed by atoms with Gasteiger partial charge in [-0.1, -0.05) is 30.3 Å². The molecule has 0 amide bonds. The third-order valence-electron chi connectivity index (χ3n) is 2.79. The van der Waals surface area contributed by atoms with Crippen LogP contribution in [0.2, 0.25) is 0 Å². The van der Waals surface area contributed by atoms with Crippen LogP contribution in [0, 0.1) is 3.57 Å². The molecule has 0 bridgehead atoms. The third kappa shape index (κ3) is 3.03. The zero-order valence-corrected chi connectivity index (χ0v) is 12.4. The lowest BCUT2D eigenvalue weighted by Gasteiger charge is -2.15. The average molecular weight is 353 g/mol. The van der Waals surface area contributed by atoms with Gasteiger partial charge in [0.25, 0.3) is 0 Å². The van der Waals surface area contributed by atoms with Crippen LogP contribution in [-0.2, 0) is 0 Å². The summed E-state index contributed by atoms with van der Waals surface area (Å²) in [4.78, 5) is 0. The first-order chi connectivity index (χ1) is 8.72. The van der Waals surface area contributed by atoms with E-state index in [-0.39, 0.29) is 6.04 Å². The average Bonchev–Trinajstić information content (AvgIpc) is 2.40. The zero-order valence-electron chi connectivity index (χ0n) is 10.3. The fourth-order valence-corrected chi connectivity index (χ4v) is 2.57. The van der Waals surface area contributed by atoms with Crippen molar-refractivity contribution in [3.63, 3.8) is 0 Å². The Kier molecular flexibility index (Phi) is 4.60. The molecule has 1 unspecified atom stereocenters. The number of hydrogen-bond acceptors (Lipinski definition) is 2. The van der Waals surface area contributed by atoms with Gasteiger partial charge in [0.2, 0.25) is 0 Å². The molecule has 0 aliphatic rings. The van der Waals surface area contributed by atoms with Gasteiger partial charge in [-0.05, 0) is 58.8 Å². The van der Waals surface area contributed by atoms with E-state index < -0.39 is 0 Å². The smallest absolute Gasteiger partial charge is 0.119 e. The Morgan fingerprint density at radius 1 is 1.11 bits per heavy atom. The highest BCUT2D eigenvalue weighted by molar-refractivity contribution is 14.1. The van der Waals surface area contributed by atoms with Crippen LogP contribution in [0.3, 0.4) is 0 Å². The number of halogens is 1. The van der Waals surface area contributed by atoms with Gasteiger partial charge >= 0.3 is 0 Å². The Labute approximate surface area is 121 Å². The van der Waals surface area contributed by atoms with E-state index in [9.17, 15) is 0 Å². The molecule has 0 saturated carbocycles.